The van der Waals surface area contributed by atoms with E-state index < -0.39 is 10.0 Å². The average molecular weight is 297 g/mol. The molecule has 6 heteroatoms. The lowest BCUT2D eigenvalue weighted by Crippen LogP contribution is -2.32. The van der Waals surface area contributed by atoms with Gasteiger partial charge in [0.25, 0.3) is 0 Å². The Morgan fingerprint density at radius 1 is 1.40 bits per heavy atom. The molecule has 1 aromatic heterocycles. The van der Waals surface area contributed by atoms with Crippen molar-refractivity contribution in [1.82, 2.24) is 9.29 Å². The topological polar surface area (TPSA) is 62.3 Å². The van der Waals surface area contributed by atoms with Gasteiger partial charge in [0.1, 0.15) is 10.7 Å². The van der Waals surface area contributed by atoms with E-state index in [1.165, 1.54) is 0 Å². The predicted octanol–water partition coefficient (Wildman–Crippen LogP) is 2.32. The number of aromatic nitrogens is 1. The number of pyridine rings is 1. The van der Waals surface area contributed by atoms with Gasteiger partial charge in [-0.05, 0) is 36.8 Å². The maximum atomic E-state index is 12.8. The molecule has 0 aromatic carbocycles. The summed E-state index contributed by atoms with van der Waals surface area (Å²) in [5.74, 6) is 0.415. The molecule has 20 heavy (non-hydrogen) atoms. The molecule has 1 aromatic rings. The summed E-state index contributed by atoms with van der Waals surface area (Å²) in [6, 6.07) is 3.28. The second-order valence-electron chi connectivity index (χ2n) is 5.40. The molecule has 0 saturated carbocycles. The van der Waals surface area contributed by atoms with Gasteiger partial charge in [0.05, 0.1) is 0 Å². The van der Waals surface area contributed by atoms with E-state index in [0.29, 0.717) is 18.9 Å². The van der Waals surface area contributed by atoms with Gasteiger partial charge in [-0.25, -0.2) is 13.4 Å². The summed E-state index contributed by atoms with van der Waals surface area (Å²) >= 11 is 0. The highest BCUT2D eigenvalue weighted by Crippen LogP contribution is 2.39. The minimum absolute atomic E-state index is 0.134. The number of anilines is 1. The van der Waals surface area contributed by atoms with Crippen molar-refractivity contribution in [3.8, 4) is 0 Å². The van der Waals surface area contributed by atoms with Gasteiger partial charge in [-0.2, -0.15) is 4.31 Å². The molecule has 112 valence electrons. The summed E-state index contributed by atoms with van der Waals surface area (Å²) in [6.45, 7) is 5.49. The monoisotopic (exact) mass is 297 g/mol. The lowest BCUT2D eigenvalue weighted by molar-refractivity contribution is 0.279. The van der Waals surface area contributed by atoms with Crippen LogP contribution < -0.4 is 5.32 Å². The van der Waals surface area contributed by atoms with E-state index in [4.69, 9.17) is 0 Å². The van der Waals surface area contributed by atoms with E-state index in [2.05, 4.69) is 24.1 Å². The van der Waals surface area contributed by atoms with Crippen LogP contribution in [0.5, 0.6) is 0 Å². The number of sulfonamides is 1. The summed E-state index contributed by atoms with van der Waals surface area (Å²) in [4.78, 5) is 4.36. The van der Waals surface area contributed by atoms with Gasteiger partial charge >= 0.3 is 0 Å². The Morgan fingerprint density at radius 3 is 2.65 bits per heavy atom. The molecule has 0 radical (unpaired) electrons. The smallest absolute Gasteiger partial charge is 0.246 e. The van der Waals surface area contributed by atoms with Crippen LogP contribution >= 0.6 is 0 Å². The third-order valence-corrected chi connectivity index (χ3v) is 6.41. The molecule has 0 aliphatic carbocycles. The van der Waals surface area contributed by atoms with Gasteiger partial charge < -0.3 is 5.32 Å². The van der Waals surface area contributed by atoms with E-state index in [1.54, 1.807) is 29.7 Å². The largest absolute Gasteiger partial charge is 0.372 e. The van der Waals surface area contributed by atoms with Crippen molar-refractivity contribution in [1.29, 1.82) is 0 Å². The average Bonchev–Trinajstić information content (AvgIpc) is 2.93. The number of nitrogens with one attached hydrogen (secondary N) is 1. The van der Waals surface area contributed by atoms with Crippen LogP contribution in [0.15, 0.2) is 23.2 Å². The van der Waals surface area contributed by atoms with E-state index in [9.17, 15) is 8.42 Å². The molecule has 0 unspecified atom stereocenters. The van der Waals surface area contributed by atoms with Crippen LogP contribution in [0.4, 0.5) is 5.82 Å². The van der Waals surface area contributed by atoms with Crippen LogP contribution in [-0.4, -0.2) is 37.8 Å². The van der Waals surface area contributed by atoms with Gasteiger partial charge in [-0.3, -0.25) is 0 Å². The first-order valence-electron chi connectivity index (χ1n) is 7.12. The highest BCUT2D eigenvalue weighted by atomic mass is 32.2. The van der Waals surface area contributed by atoms with Crippen molar-refractivity contribution in [2.75, 3.05) is 25.5 Å². The van der Waals surface area contributed by atoms with Crippen molar-refractivity contribution in [3.05, 3.63) is 18.3 Å². The molecular weight excluding hydrogens is 274 g/mol. The standard InChI is InChI=1S/C14H23N3O2S/c1-4-14(5-2)8-10-17(11-14)20(18,19)12-7-6-9-16-13(12)15-3/h6-7,9H,4-5,8,10-11H2,1-3H3,(H,15,16). The Balaban J connectivity index is 2.33. The van der Waals surface area contributed by atoms with E-state index in [-0.39, 0.29) is 10.3 Å². The van der Waals surface area contributed by atoms with Crippen LogP contribution in [0.3, 0.4) is 0 Å². The molecule has 1 aliphatic rings. The van der Waals surface area contributed by atoms with Crippen LogP contribution in [0.25, 0.3) is 0 Å². The first-order chi connectivity index (χ1) is 9.49. The predicted molar refractivity (Wildman–Crippen MR) is 80.2 cm³/mol. The maximum absolute atomic E-state index is 12.8. The van der Waals surface area contributed by atoms with Crippen molar-refractivity contribution in [2.45, 2.75) is 38.0 Å². The fraction of sp³-hybridized carbons (Fsp3) is 0.643. The SMILES string of the molecule is CCC1(CC)CCN(S(=O)(=O)c2cccnc2NC)C1. The zero-order valence-corrected chi connectivity index (χ0v) is 13.2. The number of rotatable bonds is 5. The van der Waals surface area contributed by atoms with Crippen molar-refractivity contribution < 1.29 is 8.42 Å². The lowest BCUT2D eigenvalue weighted by atomic mass is 9.82. The van der Waals surface area contributed by atoms with Gasteiger partial charge in [-0.1, -0.05) is 13.8 Å². The highest BCUT2D eigenvalue weighted by molar-refractivity contribution is 7.89. The van der Waals surface area contributed by atoms with Crippen LogP contribution in [0.1, 0.15) is 33.1 Å². The van der Waals surface area contributed by atoms with E-state index in [1.807, 2.05) is 0 Å². The van der Waals surface area contributed by atoms with Crippen molar-refractivity contribution >= 4 is 15.8 Å². The van der Waals surface area contributed by atoms with Gasteiger partial charge in [0.2, 0.25) is 10.0 Å². The third-order valence-electron chi connectivity index (χ3n) is 4.53. The Bertz CT molecular complexity index is 568. The fourth-order valence-electron chi connectivity index (χ4n) is 2.85. The Hall–Kier alpha value is -1.14. The van der Waals surface area contributed by atoms with Gasteiger partial charge in [0.15, 0.2) is 0 Å². The van der Waals surface area contributed by atoms with Gasteiger partial charge in [-0.15, -0.1) is 0 Å². The molecule has 0 atom stereocenters. The van der Waals surface area contributed by atoms with Crippen LogP contribution in [-0.2, 0) is 10.0 Å². The molecule has 1 saturated heterocycles. The van der Waals surface area contributed by atoms with Crippen LogP contribution in [0.2, 0.25) is 0 Å². The van der Waals surface area contributed by atoms with E-state index >= 15 is 0 Å². The minimum Gasteiger partial charge on any atom is -0.372 e. The number of nitrogens with zero attached hydrogens (tertiary/aromatic N) is 2. The molecule has 0 spiro atoms. The first kappa shape index (κ1) is 15.3. The Morgan fingerprint density at radius 2 is 2.10 bits per heavy atom. The van der Waals surface area contributed by atoms with Crippen molar-refractivity contribution in [3.63, 3.8) is 0 Å². The second-order valence-corrected chi connectivity index (χ2v) is 7.30. The second kappa shape index (κ2) is 5.69. The minimum atomic E-state index is -3.46. The quantitative estimate of drug-likeness (QED) is 0.906. The summed E-state index contributed by atoms with van der Waals surface area (Å²) < 4.78 is 27.2. The summed E-state index contributed by atoms with van der Waals surface area (Å²) in [7, 11) is -1.78. The lowest BCUT2D eigenvalue weighted by Gasteiger charge is -2.26. The molecular formula is C14H23N3O2S. The normalized spacial score (nSPS) is 19.1. The summed E-state index contributed by atoms with van der Waals surface area (Å²) in [6.07, 6.45) is 4.56. The number of hydrogen-bond acceptors (Lipinski definition) is 4. The van der Waals surface area contributed by atoms with Crippen LogP contribution in [0, 0.1) is 5.41 Å². The molecule has 2 heterocycles. The Kier molecular flexibility index (Phi) is 4.34. The Labute approximate surface area is 121 Å². The summed E-state index contributed by atoms with van der Waals surface area (Å²) in [5, 5.41) is 2.86. The summed E-state index contributed by atoms with van der Waals surface area (Å²) in [5.41, 5.74) is 0.134. The van der Waals surface area contributed by atoms with E-state index in [0.717, 1.165) is 19.3 Å². The zero-order valence-electron chi connectivity index (χ0n) is 12.4. The zero-order chi connectivity index (χ0) is 14.8. The molecule has 2 rings (SSSR count). The maximum Gasteiger partial charge on any atom is 0.246 e. The molecule has 5 nitrogen and oxygen atoms in total. The van der Waals surface area contributed by atoms with Crippen molar-refractivity contribution in [2.24, 2.45) is 5.41 Å². The third kappa shape index (κ3) is 2.54. The fourth-order valence-corrected chi connectivity index (χ4v) is 4.56. The molecule has 1 fully saturated rings. The number of hydrogen-bond donors (Lipinski definition) is 1. The highest BCUT2D eigenvalue weighted by Gasteiger charge is 2.41. The molecule has 1 N–H and O–H groups in total. The molecule has 0 bridgehead atoms. The molecule has 1 aliphatic heterocycles. The molecule has 0 amide bonds. The van der Waals surface area contributed by atoms with Gasteiger partial charge in [0, 0.05) is 26.3 Å². The first-order valence-corrected chi connectivity index (χ1v) is 8.56.